The number of hydrogen-bond acceptors (Lipinski definition) is 3. The molecular weight excluding hydrogens is 232 g/mol. The lowest BCUT2D eigenvalue weighted by Gasteiger charge is -2.31. The van der Waals surface area contributed by atoms with Gasteiger partial charge in [-0.25, -0.2) is 5.48 Å². The number of nitrogens with zero attached hydrogens (tertiary/aromatic N) is 1. The topological polar surface area (TPSA) is 69.6 Å². The number of piperidine rings is 1. The van der Waals surface area contributed by atoms with Gasteiger partial charge in [0.25, 0.3) is 5.91 Å². The minimum absolute atomic E-state index is 0.0639. The van der Waals surface area contributed by atoms with Crippen molar-refractivity contribution in [2.45, 2.75) is 12.8 Å². The lowest BCUT2D eigenvalue weighted by Crippen LogP contribution is -2.44. The number of hydroxylamine groups is 1. The molecule has 0 aliphatic carbocycles. The first-order chi connectivity index (χ1) is 8.72. The predicted octanol–water partition coefficient (Wildman–Crippen LogP) is 1.04. The molecule has 2 rings (SSSR count). The molecular formula is C13H16N2O3. The fourth-order valence-corrected chi connectivity index (χ4v) is 2.23. The van der Waals surface area contributed by atoms with Crippen molar-refractivity contribution in [2.75, 3.05) is 13.1 Å². The number of rotatable bonds is 2. The maximum Gasteiger partial charge on any atom is 0.253 e. The average molecular weight is 248 g/mol. The SMILES string of the molecule is O=C(NO)[C@@H]1CCCN(C(=O)c2ccccc2)C1. The van der Waals surface area contributed by atoms with Crippen LogP contribution in [0.1, 0.15) is 23.2 Å². The third kappa shape index (κ3) is 2.68. The van der Waals surface area contributed by atoms with Crippen molar-refractivity contribution < 1.29 is 14.8 Å². The summed E-state index contributed by atoms with van der Waals surface area (Å²) in [5, 5.41) is 8.63. The molecule has 1 heterocycles. The minimum Gasteiger partial charge on any atom is -0.338 e. The minimum atomic E-state index is -0.416. The first kappa shape index (κ1) is 12.6. The molecule has 1 aromatic carbocycles. The van der Waals surface area contributed by atoms with Crippen molar-refractivity contribution >= 4 is 11.8 Å². The van der Waals surface area contributed by atoms with Gasteiger partial charge >= 0.3 is 0 Å². The second kappa shape index (κ2) is 5.64. The number of benzene rings is 1. The second-order valence-corrected chi connectivity index (χ2v) is 4.43. The molecule has 1 aliphatic heterocycles. The zero-order valence-corrected chi connectivity index (χ0v) is 10.0. The van der Waals surface area contributed by atoms with E-state index in [9.17, 15) is 9.59 Å². The molecule has 0 aromatic heterocycles. The monoisotopic (exact) mass is 248 g/mol. The van der Waals surface area contributed by atoms with E-state index < -0.39 is 5.91 Å². The molecule has 2 amide bonds. The molecule has 0 unspecified atom stereocenters. The van der Waals surface area contributed by atoms with E-state index in [4.69, 9.17) is 5.21 Å². The Bertz CT molecular complexity index is 433. The van der Waals surface area contributed by atoms with Crippen LogP contribution in [0.3, 0.4) is 0 Å². The zero-order valence-electron chi connectivity index (χ0n) is 10.0. The first-order valence-corrected chi connectivity index (χ1v) is 6.00. The Labute approximate surface area is 105 Å². The van der Waals surface area contributed by atoms with Gasteiger partial charge in [0.2, 0.25) is 5.91 Å². The lowest BCUT2D eigenvalue weighted by molar-refractivity contribution is -0.134. The van der Waals surface area contributed by atoms with E-state index in [0.717, 1.165) is 6.42 Å². The average Bonchev–Trinajstić information content (AvgIpc) is 2.46. The summed E-state index contributed by atoms with van der Waals surface area (Å²) in [4.78, 5) is 25.2. The smallest absolute Gasteiger partial charge is 0.253 e. The van der Waals surface area contributed by atoms with E-state index in [0.29, 0.717) is 25.1 Å². The maximum atomic E-state index is 12.2. The van der Waals surface area contributed by atoms with Crippen LogP contribution in [0.25, 0.3) is 0 Å². The highest BCUT2D eigenvalue weighted by atomic mass is 16.5. The Balaban J connectivity index is 2.05. The van der Waals surface area contributed by atoms with Gasteiger partial charge in [-0.05, 0) is 25.0 Å². The van der Waals surface area contributed by atoms with Crippen molar-refractivity contribution in [3.05, 3.63) is 35.9 Å². The molecule has 5 nitrogen and oxygen atoms in total. The molecule has 1 saturated heterocycles. The first-order valence-electron chi connectivity index (χ1n) is 6.00. The second-order valence-electron chi connectivity index (χ2n) is 4.43. The molecule has 0 spiro atoms. The molecule has 0 bridgehead atoms. The standard InChI is InChI=1S/C13H16N2O3/c16-12(14-18)11-7-4-8-15(9-11)13(17)10-5-2-1-3-6-10/h1-3,5-6,11,18H,4,7-9H2,(H,14,16)/t11-/m1/s1. The summed E-state index contributed by atoms with van der Waals surface area (Å²) in [6.45, 7) is 1.02. The van der Waals surface area contributed by atoms with Crippen LogP contribution in [0, 0.1) is 5.92 Å². The van der Waals surface area contributed by atoms with E-state index >= 15 is 0 Å². The fraction of sp³-hybridized carbons (Fsp3) is 0.385. The number of amides is 2. The molecule has 5 heteroatoms. The van der Waals surface area contributed by atoms with Crippen LogP contribution < -0.4 is 5.48 Å². The third-order valence-electron chi connectivity index (χ3n) is 3.21. The zero-order chi connectivity index (χ0) is 13.0. The predicted molar refractivity (Wildman–Crippen MR) is 65.0 cm³/mol. The van der Waals surface area contributed by atoms with E-state index in [2.05, 4.69) is 0 Å². The van der Waals surface area contributed by atoms with Gasteiger partial charge in [-0.1, -0.05) is 18.2 Å². The fourth-order valence-electron chi connectivity index (χ4n) is 2.23. The third-order valence-corrected chi connectivity index (χ3v) is 3.21. The van der Waals surface area contributed by atoms with Crippen molar-refractivity contribution in [3.63, 3.8) is 0 Å². The van der Waals surface area contributed by atoms with E-state index in [1.165, 1.54) is 0 Å². The summed E-state index contributed by atoms with van der Waals surface area (Å²) in [5.74, 6) is -0.803. The Morgan fingerprint density at radius 1 is 1.28 bits per heavy atom. The van der Waals surface area contributed by atoms with Crippen LogP contribution in [0.2, 0.25) is 0 Å². The summed E-state index contributed by atoms with van der Waals surface area (Å²) in [7, 11) is 0. The highest BCUT2D eigenvalue weighted by Gasteiger charge is 2.28. The largest absolute Gasteiger partial charge is 0.338 e. The van der Waals surface area contributed by atoms with Gasteiger partial charge in [0.05, 0.1) is 5.92 Å². The maximum absolute atomic E-state index is 12.2. The van der Waals surface area contributed by atoms with Crippen LogP contribution in [0.15, 0.2) is 30.3 Å². The Morgan fingerprint density at radius 2 is 2.00 bits per heavy atom. The van der Waals surface area contributed by atoms with Gasteiger partial charge in [-0.3, -0.25) is 14.8 Å². The highest BCUT2D eigenvalue weighted by Crippen LogP contribution is 2.18. The van der Waals surface area contributed by atoms with Crippen LogP contribution in [0.5, 0.6) is 0 Å². The Hall–Kier alpha value is -1.88. The lowest BCUT2D eigenvalue weighted by atomic mass is 9.97. The van der Waals surface area contributed by atoms with Crippen molar-refractivity contribution in [2.24, 2.45) is 5.92 Å². The van der Waals surface area contributed by atoms with Gasteiger partial charge in [0.15, 0.2) is 0 Å². The molecule has 1 fully saturated rings. The molecule has 96 valence electrons. The van der Waals surface area contributed by atoms with Gasteiger partial charge in [0, 0.05) is 18.7 Å². The number of nitrogens with one attached hydrogen (secondary N) is 1. The van der Waals surface area contributed by atoms with E-state index in [1.807, 2.05) is 18.2 Å². The van der Waals surface area contributed by atoms with Crippen LogP contribution in [0.4, 0.5) is 0 Å². The Kier molecular flexibility index (Phi) is 3.94. The van der Waals surface area contributed by atoms with Crippen LogP contribution >= 0.6 is 0 Å². The van der Waals surface area contributed by atoms with Crippen LogP contribution in [-0.4, -0.2) is 35.0 Å². The summed E-state index contributed by atoms with van der Waals surface area (Å²) < 4.78 is 0. The summed E-state index contributed by atoms with van der Waals surface area (Å²) >= 11 is 0. The molecule has 18 heavy (non-hydrogen) atoms. The molecule has 2 N–H and O–H groups in total. The highest BCUT2D eigenvalue weighted by molar-refractivity contribution is 5.94. The van der Waals surface area contributed by atoms with Gasteiger partial charge in [0.1, 0.15) is 0 Å². The van der Waals surface area contributed by atoms with Crippen molar-refractivity contribution in [3.8, 4) is 0 Å². The number of hydrogen-bond donors (Lipinski definition) is 2. The quantitative estimate of drug-likeness (QED) is 0.607. The normalized spacial score (nSPS) is 19.4. The molecule has 1 aromatic rings. The van der Waals surface area contributed by atoms with Gasteiger partial charge in [-0.15, -0.1) is 0 Å². The van der Waals surface area contributed by atoms with Gasteiger partial charge < -0.3 is 4.90 Å². The summed E-state index contributed by atoms with van der Waals surface area (Å²) in [6, 6.07) is 9.01. The molecule has 0 radical (unpaired) electrons. The van der Waals surface area contributed by atoms with Crippen molar-refractivity contribution in [1.29, 1.82) is 0 Å². The summed E-state index contributed by atoms with van der Waals surface area (Å²) in [5.41, 5.74) is 2.28. The van der Waals surface area contributed by atoms with Gasteiger partial charge in [-0.2, -0.15) is 0 Å². The van der Waals surface area contributed by atoms with Crippen LogP contribution in [-0.2, 0) is 4.79 Å². The van der Waals surface area contributed by atoms with Crippen molar-refractivity contribution in [1.82, 2.24) is 10.4 Å². The van der Waals surface area contributed by atoms with E-state index in [1.54, 1.807) is 22.5 Å². The number of likely N-dealkylation sites (tertiary alicyclic amines) is 1. The molecule has 0 saturated carbocycles. The summed E-state index contributed by atoms with van der Waals surface area (Å²) in [6.07, 6.45) is 1.47. The molecule has 1 atom stereocenters. The van der Waals surface area contributed by atoms with E-state index in [-0.39, 0.29) is 11.8 Å². The number of carbonyl (C=O) groups excluding carboxylic acids is 2. The Morgan fingerprint density at radius 3 is 2.67 bits per heavy atom. The molecule has 1 aliphatic rings. The number of carbonyl (C=O) groups is 2.